The molecule has 10 heteroatoms. The fourth-order valence-corrected chi connectivity index (χ4v) is 21.3. The third-order valence-electron chi connectivity index (χ3n) is 24.8. The normalized spacial score (nSPS) is 41.3. The van der Waals surface area contributed by atoms with Crippen LogP contribution < -0.4 is 0 Å². The third-order valence-corrected chi connectivity index (χ3v) is 24.8. The lowest BCUT2D eigenvalue weighted by Gasteiger charge is -2.70. The average molecular weight is 1160 g/mol. The maximum Gasteiger partial charge on any atom is 0.0717 e. The van der Waals surface area contributed by atoms with E-state index in [1.165, 1.54) is 88.2 Å². The maximum atomic E-state index is 6.83. The lowest BCUT2D eigenvalue weighted by molar-refractivity contribution is -0.208. The Morgan fingerprint density at radius 3 is 1.12 bits per heavy atom. The van der Waals surface area contributed by atoms with E-state index in [2.05, 4.69) is 128 Å². The number of rotatable bonds is 10. The Hall–Kier alpha value is -2.48. The molecule has 10 aliphatic carbocycles. The SMILES string of the molecule is CC(C)C1=C[C@]23CC[C@H]4[C@](C)(COCc5ccccc5)CCC[C@]4(C)[C@H]2C[C@H]1[C@H]1COCCOCCOCCOC[C@@H]2[C@@H]4C[C@@H]5[C@@]6(C)CCC[C@@](C)(COCc7ccccc7)[C@@H]6CC[C@]5(C=C4C(C)C)[C@@H]2COCCOCCOCCOC[C@H]13. The first-order valence-corrected chi connectivity index (χ1v) is 34.1. The third kappa shape index (κ3) is 12.8. The molecule has 0 N–H and O–H groups in total. The van der Waals surface area contributed by atoms with Gasteiger partial charge in [-0.25, -0.2) is 0 Å². The molecule has 468 valence electrons. The average Bonchev–Trinajstić information content (AvgIpc) is 0.775. The molecule has 4 bridgehead atoms. The van der Waals surface area contributed by atoms with Gasteiger partial charge in [0.15, 0.2) is 0 Å². The summed E-state index contributed by atoms with van der Waals surface area (Å²) in [4.78, 5) is 0. The molecule has 2 spiro atoms. The van der Waals surface area contributed by atoms with E-state index < -0.39 is 0 Å². The number of fused-ring (bicyclic) bond motifs is 2. The number of ether oxygens (including phenoxy) is 10. The first-order valence-electron chi connectivity index (χ1n) is 34.1. The minimum absolute atomic E-state index is 0.0753. The molecule has 0 aromatic heterocycles. The minimum Gasteiger partial charge on any atom is -0.379 e. The van der Waals surface area contributed by atoms with E-state index in [4.69, 9.17) is 47.4 Å². The van der Waals surface area contributed by atoms with Gasteiger partial charge in [0.1, 0.15) is 0 Å². The molecular formula is C74H112O10. The van der Waals surface area contributed by atoms with Crippen molar-refractivity contribution in [3.05, 3.63) is 95.1 Å². The summed E-state index contributed by atoms with van der Waals surface area (Å²) in [5.74, 6) is 6.00. The molecule has 7 fully saturated rings. The van der Waals surface area contributed by atoms with Crippen molar-refractivity contribution in [2.75, 3.05) is 119 Å². The van der Waals surface area contributed by atoms with Gasteiger partial charge in [-0.3, -0.25) is 0 Å². The first kappa shape index (κ1) is 63.1. The molecular weight excluding hydrogens is 1050 g/mol. The Kier molecular flexibility index (Phi) is 20.8. The highest BCUT2D eigenvalue weighted by Gasteiger charge is 2.69. The summed E-state index contributed by atoms with van der Waals surface area (Å²) in [6, 6.07) is 21.4. The zero-order valence-electron chi connectivity index (χ0n) is 53.6. The van der Waals surface area contributed by atoms with Crippen LogP contribution in [-0.2, 0) is 60.6 Å². The summed E-state index contributed by atoms with van der Waals surface area (Å²) in [7, 11) is 0. The molecule has 13 rings (SSSR count). The number of benzene rings is 2. The van der Waals surface area contributed by atoms with Crippen molar-refractivity contribution in [3.8, 4) is 0 Å². The van der Waals surface area contributed by atoms with Crippen molar-refractivity contribution >= 4 is 0 Å². The molecule has 10 nitrogen and oxygen atoms in total. The van der Waals surface area contributed by atoms with E-state index >= 15 is 0 Å². The van der Waals surface area contributed by atoms with Crippen LogP contribution in [0.2, 0.25) is 0 Å². The smallest absolute Gasteiger partial charge is 0.0717 e. The van der Waals surface area contributed by atoms with Gasteiger partial charge in [0.25, 0.3) is 0 Å². The van der Waals surface area contributed by atoms with Gasteiger partial charge in [-0.1, -0.05) is 152 Å². The fraction of sp³-hybridized carbons (Fsp3) is 0.784. The van der Waals surface area contributed by atoms with Crippen LogP contribution >= 0.6 is 0 Å². The number of allylic oxidation sites excluding steroid dienone is 4. The molecule has 2 aromatic carbocycles. The van der Waals surface area contributed by atoms with E-state index in [1.54, 1.807) is 11.1 Å². The van der Waals surface area contributed by atoms with Gasteiger partial charge in [0.05, 0.1) is 132 Å². The molecule has 1 saturated heterocycles. The molecule has 0 radical (unpaired) electrons. The van der Waals surface area contributed by atoms with E-state index in [0.29, 0.717) is 164 Å². The Morgan fingerprint density at radius 1 is 0.417 bits per heavy atom. The Bertz CT molecular complexity index is 2280. The summed E-state index contributed by atoms with van der Waals surface area (Å²) in [5, 5.41) is 0. The highest BCUT2D eigenvalue weighted by atomic mass is 16.6. The molecule has 16 atom stereocenters. The summed E-state index contributed by atoms with van der Waals surface area (Å²) in [6.45, 7) is 32.9. The Balaban J connectivity index is 0.730. The van der Waals surface area contributed by atoms with Crippen molar-refractivity contribution in [2.45, 2.75) is 146 Å². The molecule has 2 aromatic rings. The summed E-state index contributed by atoms with van der Waals surface area (Å²) in [5.41, 5.74) is 6.80. The van der Waals surface area contributed by atoms with Crippen molar-refractivity contribution in [1.82, 2.24) is 0 Å². The Labute approximate surface area is 508 Å². The van der Waals surface area contributed by atoms with Crippen molar-refractivity contribution in [1.29, 1.82) is 0 Å². The van der Waals surface area contributed by atoms with Crippen LogP contribution in [0.3, 0.4) is 0 Å². The van der Waals surface area contributed by atoms with Crippen LogP contribution in [0.4, 0.5) is 0 Å². The predicted molar refractivity (Wildman–Crippen MR) is 332 cm³/mol. The largest absolute Gasteiger partial charge is 0.379 e. The first-order chi connectivity index (χ1) is 40.7. The summed E-state index contributed by atoms with van der Waals surface area (Å²) < 4.78 is 65.3. The van der Waals surface area contributed by atoms with Crippen LogP contribution in [-0.4, -0.2) is 119 Å². The highest BCUT2D eigenvalue weighted by molar-refractivity contribution is 5.34. The van der Waals surface area contributed by atoms with Gasteiger partial charge in [-0.15, -0.1) is 0 Å². The van der Waals surface area contributed by atoms with Gasteiger partial charge >= 0.3 is 0 Å². The van der Waals surface area contributed by atoms with Gasteiger partial charge in [-0.05, 0) is 179 Å². The highest BCUT2D eigenvalue weighted by Crippen LogP contribution is 2.75. The maximum absolute atomic E-state index is 6.83. The lowest BCUT2D eigenvalue weighted by Crippen LogP contribution is -2.65. The van der Waals surface area contributed by atoms with Crippen molar-refractivity contribution in [2.24, 2.45) is 104 Å². The molecule has 11 aliphatic rings. The van der Waals surface area contributed by atoms with Gasteiger partial charge in [0, 0.05) is 0 Å². The lowest BCUT2D eigenvalue weighted by atomic mass is 9.34. The Morgan fingerprint density at radius 2 is 0.762 bits per heavy atom. The van der Waals surface area contributed by atoms with E-state index in [9.17, 15) is 0 Å². The number of hydrogen-bond acceptors (Lipinski definition) is 10. The van der Waals surface area contributed by atoms with Crippen molar-refractivity contribution < 1.29 is 47.4 Å². The fourth-order valence-electron chi connectivity index (χ4n) is 21.3. The van der Waals surface area contributed by atoms with Crippen LogP contribution in [0, 0.1) is 104 Å². The van der Waals surface area contributed by atoms with Crippen LogP contribution in [0.15, 0.2) is 84.0 Å². The second-order valence-electron chi connectivity index (χ2n) is 30.1. The molecule has 0 unspecified atom stereocenters. The van der Waals surface area contributed by atoms with Gasteiger partial charge in [-0.2, -0.15) is 0 Å². The van der Waals surface area contributed by atoms with Crippen molar-refractivity contribution in [3.63, 3.8) is 0 Å². The minimum atomic E-state index is 0.0753. The summed E-state index contributed by atoms with van der Waals surface area (Å²) in [6.07, 6.45) is 20.7. The second kappa shape index (κ2) is 27.7. The zero-order valence-corrected chi connectivity index (χ0v) is 53.6. The van der Waals surface area contributed by atoms with E-state index in [1.807, 2.05) is 0 Å². The zero-order chi connectivity index (χ0) is 58.4. The van der Waals surface area contributed by atoms with E-state index in [0.717, 1.165) is 39.6 Å². The van der Waals surface area contributed by atoms with Gasteiger partial charge in [0.2, 0.25) is 0 Å². The molecule has 84 heavy (non-hydrogen) atoms. The second-order valence-corrected chi connectivity index (χ2v) is 30.1. The molecule has 1 aliphatic heterocycles. The van der Waals surface area contributed by atoms with Crippen LogP contribution in [0.25, 0.3) is 0 Å². The topological polar surface area (TPSA) is 92.3 Å². The quantitative estimate of drug-likeness (QED) is 0.214. The monoisotopic (exact) mass is 1160 g/mol. The molecule has 0 amide bonds. The standard InChI is InChI=1S/C74H112O10/c1-53(2)59-43-73-27-21-65-69(5,51-83-45-55-17-11-9-12-18-55)23-15-25-71(65,7)67(73)41-57(59)61-47-79-37-33-75-29-30-76-34-38-80-48-62-58-42-68-72(8)26-16-24-70(6,52-84-46-56-19-13-10-14-20-56)66(72)22-28-74(68,44-60(58)54(3)4)64(62)50-82-40-36-78-32-31-77-35-39-81-49-63(61)73/h9-14,17-20,43-44,53-54,57-58,61-68H,15-16,21-42,45-52H2,1-8H3/t57-,58-,61-,62-,63-,64-,65+,66+,67-,68-,69+,70+,71+,72+,73+,74+/m1/s1. The summed E-state index contributed by atoms with van der Waals surface area (Å²) >= 11 is 0. The molecule has 1 heterocycles. The van der Waals surface area contributed by atoms with Gasteiger partial charge < -0.3 is 47.4 Å². The van der Waals surface area contributed by atoms with Crippen LogP contribution in [0.1, 0.15) is 144 Å². The number of hydrogen-bond donors (Lipinski definition) is 0. The predicted octanol–water partition coefficient (Wildman–Crippen LogP) is 14.7. The molecule has 6 saturated carbocycles. The van der Waals surface area contributed by atoms with Crippen LogP contribution in [0.5, 0.6) is 0 Å². The van der Waals surface area contributed by atoms with E-state index in [-0.39, 0.29) is 32.5 Å².